The molecule has 114 valence electrons. The standard InChI is InChI=1S/C15H26N2O3/c18-14(19)13-8-2-1-5-11-17(13)15(20)16-10-9-12-6-3-4-7-12/h12-13H,1-11H2,(H,16,20)(H,18,19). The predicted octanol–water partition coefficient (Wildman–Crippen LogP) is 2.61. The van der Waals surface area contributed by atoms with Crippen LogP contribution in [0.1, 0.15) is 57.8 Å². The summed E-state index contributed by atoms with van der Waals surface area (Å²) < 4.78 is 0. The molecule has 1 heterocycles. The van der Waals surface area contributed by atoms with Crippen LogP contribution in [0.3, 0.4) is 0 Å². The Bertz CT molecular complexity index is 340. The predicted molar refractivity (Wildman–Crippen MR) is 76.6 cm³/mol. The number of amides is 2. The van der Waals surface area contributed by atoms with Crippen LogP contribution in [0.15, 0.2) is 0 Å². The average Bonchev–Trinajstić information content (AvgIpc) is 2.80. The number of urea groups is 1. The lowest BCUT2D eigenvalue weighted by Crippen LogP contribution is -2.49. The molecule has 0 aromatic carbocycles. The van der Waals surface area contributed by atoms with Crippen molar-refractivity contribution >= 4 is 12.0 Å². The highest BCUT2D eigenvalue weighted by molar-refractivity contribution is 5.82. The second-order valence-corrected chi connectivity index (χ2v) is 6.07. The summed E-state index contributed by atoms with van der Waals surface area (Å²) in [5, 5.41) is 12.2. The van der Waals surface area contributed by atoms with E-state index in [2.05, 4.69) is 5.32 Å². The molecule has 0 aromatic rings. The lowest BCUT2D eigenvalue weighted by Gasteiger charge is -2.27. The van der Waals surface area contributed by atoms with E-state index in [0.29, 0.717) is 19.5 Å². The van der Waals surface area contributed by atoms with Crippen molar-refractivity contribution < 1.29 is 14.7 Å². The monoisotopic (exact) mass is 282 g/mol. The highest BCUT2D eigenvalue weighted by Gasteiger charge is 2.30. The largest absolute Gasteiger partial charge is 0.480 e. The van der Waals surface area contributed by atoms with Crippen LogP contribution in [-0.2, 0) is 4.79 Å². The highest BCUT2D eigenvalue weighted by Crippen LogP contribution is 2.27. The Hall–Kier alpha value is -1.26. The summed E-state index contributed by atoms with van der Waals surface area (Å²) in [6, 6.07) is -0.846. The van der Waals surface area contributed by atoms with Gasteiger partial charge in [-0.05, 0) is 25.2 Å². The van der Waals surface area contributed by atoms with E-state index in [1.54, 1.807) is 0 Å². The summed E-state index contributed by atoms with van der Waals surface area (Å²) in [4.78, 5) is 25.0. The molecule has 2 fully saturated rings. The van der Waals surface area contributed by atoms with Crippen LogP contribution in [0.2, 0.25) is 0 Å². The summed E-state index contributed by atoms with van der Waals surface area (Å²) >= 11 is 0. The zero-order valence-electron chi connectivity index (χ0n) is 12.1. The molecule has 2 amide bonds. The smallest absolute Gasteiger partial charge is 0.326 e. The molecule has 1 aliphatic heterocycles. The first-order valence-corrected chi connectivity index (χ1v) is 7.96. The van der Waals surface area contributed by atoms with Crippen molar-refractivity contribution in [3.05, 3.63) is 0 Å². The fourth-order valence-electron chi connectivity index (χ4n) is 3.39. The Morgan fingerprint density at radius 2 is 1.75 bits per heavy atom. The quantitative estimate of drug-likeness (QED) is 0.832. The number of likely N-dealkylation sites (tertiary alicyclic amines) is 1. The van der Waals surface area contributed by atoms with Crippen molar-refractivity contribution in [2.45, 2.75) is 63.8 Å². The van der Waals surface area contributed by atoms with E-state index in [1.165, 1.54) is 30.6 Å². The molecular formula is C15H26N2O3. The molecule has 5 nitrogen and oxygen atoms in total. The Labute approximate surface area is 120 Å². The van der Waals surface area contributed by atoms with Crippen molar-refractivity contribution in [2.24, 2.45) is 5.92 Å². The summed E-state index contributed by atoms with van der Waals surface area (Å²) in [7, 11) is 0. The summed E-state index contributed by atoms with van der Waals surface area (Å²) in [5.74, 6) is -0.132. The number of carbonyl (C=O) groups excluding carboxylic acids is 1. The Morgan fingerprint density at radius 1 is 1.05 bits per heavy atom. The van der Waals surface area contributed by atoms with Gasteiger partial charge in [0.25, 0.3) is 0 Å². The van der Waals surface area contributed by atoms with Gasteiger partial charge in [-0.1, -0.05) is 38.5 Å². The first-order chi connectivity index (χ1) is 9.68. The maximum Gasteiger partial charge on any atom is 0.326 e. The van der Waals surface area contributed by atoms with Crippen molar-refractivity contribution in [1.82, 2.24) is 10.2 Å². The molecule has 2 aliphatic rings. The third kappa shape index (κ3) is 4.12. The number of nitrogens with zero attached hydrogens (tertiary/aromatic N) is 1. The minimum atomic E-state index is -0.877. The number of carbonyl (C=O) groups is 2. The molecule has 1 saturated heterocycles. The van der Waals surface area contributed by atoms with Crippen LogP contribution in [0.5, 0.6) is 0 Å². The molecule has 2 N–H and O–H groups in total. The number of carboxylic acid groups (broad SMARTS) is 1. The van der Waals surface area contributed by atoms with Gasteiger partial charge in [0.05, 0.1) is 0 Å². The third-order valence-corrected chi connectivity index (χ3v) is 4.60. The number of carboxylic acids is 1. The number of aliphatic carboxylic acids is 1. The second kappa shape index (κ2) is 7.50. The third-order valence-electron chi connectivity index (χ3n) is 4.60. The molecule has 2 rings (SSSR count). The molecule has 0 aromatic heterocycles. The first-order valence-electron chi connectivity index (χ1n) is 7.96. The van der Waals surface area contributed by atoms with Gasteiger partial charge in [-0.2, -0.15) is 0 Å². The molecule has 1 atom stereocenters. The fourth-order valence-corrected chi connectivity index (χ4v) is 3.39. The van der Waals surface area contributed by atoms with E-state index in [-0.39, 0.29) is 6.03 Å². The number of hydrogen-bond donors (Lipinski definition) is 2. The zero-order chi connectivity index (χ0) is 14.4. The number of hydrogen-bond acceptors (Lipinski definition) is 2. The number of nitrogens with one attached hydrogen (secondary N) is 1. The molecule has 1 unspecified atom stereocenters. The Kier molecular flexibility index (Phi) is 5.68. The van der Waals surface area contributed by atoms with Crippen molar-refractivity contribution in [2.75, 3.05) is 13.1 Å². The van der Waals surface area contributed by atoms with Gasteiger partial charge in [-0.3, -0.25) is 0 Å². The maximum absolute atomic E-state index is 12.2. The van der Waals surface area contributed by atoms with Crippen LogP contribution in [-0.4, -0.2) is 41.1 Å². The van der Waals surface area contributed by atoms with E-state index < -0.39 is 12.0 Å². The highest BCUT2D eigenvalue weighted by atomic mass is 16.4. The van der Waals surface area contributed by atoms with Gasteiger partial charge >= 0.3 is 12.0 Å². The molecule has 5 heteroatoms. The maximum atomic E-state index is 12.2. The molecule has 1 saturated carbocycles. The van der Waals surface area contributed by atoms with Crippen molar-refractivity contribution in [1.29, 1.82) is 0 Å². The molecule has 1 aliphatic carbocycles. The summed E-state index contributed by atoms with van der Waals surface area (Å²) in [6.07, 6.45) is 9.58. The van der Waals surface area contributed by atoms with E-state index in [4.69, 9.17) is 0 Å². The number of rotatable bonds is 4. The van der Waals surface area contributed by atoms with E-state index in [9.17, 15) is 14.7 Å². The summed E-state index contributed by atoms with van der Waals surface area (Å²) in [5.41, 5.74) is 0. The summed E-state index contributed by atoms with van der Waals surface area (Å²) in [6.45, 7) is 1.23. The van der Waals surface area contributed by atoms with Crippen LogP contribution >= 0.6 is 0 Å². The van der Waals surface area contributed by atoms with E-state index >= 15 is 0 Å². The van der Waals surface area contributed by atoms with Gasteiger partial charge in [0.2, 0.25) is 0 Å². The van der Waals surface area contributed by atoms with Gasteiger partial charge in [-0.25, -0.2) is 9.59 Å². The minimum absolute atomic E-state index is 0.197. The van der Waals surface area contributed by atoms with Crippen LogP contribution < -0.4 is 5.32 Å². The van der Waals surface area contributed by atoms with E-state index in [1.807, 2.05) is 0 Å². The fraction of sp³-hybridized carbons (Fsp3) is 0.867. The van der Waals surface area contributed by atoms with Crippen molar-refractivity contribution in [3.8, 4) is 0 Å². The minimum Gasteiger partial charge on any atom is -0.480 e. The molecule has 20 heavy (non-hydrogen) atoms. The van der Waals surface area contributed by atoms with Crippen molar-refractivity contribution in [3.63, 3.8) is 0 Å². The normalized spacial score (nSPS) is 24.4. The lowest BCUT2D eigenvalue weighted by atomic mass is 10.0. The van der Waals surface area contributed by atoms with Gasteiger partial charge < -0.3 is 15.3 Å². The van der Waals surface area contributed by atoms with Gasteiger partial charge in [0, 0.05) is 13.1 Å². The molecule has 0 spiro atoms. The van der Waals surface area contributed by atoms with E-state index in [0.717, 1.165) is 31.6 Å². The van der Waals surface area contributed by atoms with Gasteiger partial charge in [0.1, 0.15) is 6.04 Å². The molecular weight excluding hydrogens is 256 g/mol. The zero-order valence-corrected chi connectivity index (χ0v) is 12.1. The van der Waals surface area contributed by atoms with Crippen LogP contribution in [0.4, 0.5) is 4.79 Å². The van der Waals surface area contributed by atoms with Crippen LogP contribution in [0.25, 0.3) is 0 Å². The average molecular weight is 282 g/mol. The van der Waals surface area contributed by atoms with Gasteiger partial charge in [-0.15, -0.1) is 0 Å². The SMILES string of the molecule is O=C(O)C1CCCCCN1C(=O)NCCC1CCCC1. The molecule has 0 bridgehead atoms. The lowest BCUT2D eigenvalue weighted by molar-refractivity contribution is -0.142. The first kappa shape index (κ1) is 15.1. The second-order valence-electron chi connectivity index (χ2n) is 6.07. The Balaban J connectivity index is 1.80. The van der Waals surface area contributed by atoms with Crippen LogP contribution in [0, 0.1) is 5.92 Å². The Morgan fingerprint density at radius 3 is 2.45 bits per heavy atom. The van der Waals surface area contributed by atoms with Gasteiger partial charge in [0.15, 0.2) is 0 Å². The topological polar surface area (TPSA) is 69.6 Å². The molecule has 0 radical (unpaired) electrons.